The van der Waals surface area contributed by atoms with Gasteiger partial charge in [-0.3, -0.25) is 47.9 Å². The van der Waals surface area contributed by atoms with Crippen LogP contribution in [0.3, 0.4) is 0 Å². The van der Waals surface area contributed by atoms with Crippen LogP contribution in [-0.2, 0) is 47.9 Å². The maximum absolute atomic E-state index is 14.3. The number of aliphatic hydroxyl groups excluding tert-OH is 2. The average molecular weight is 1160 g/mol. The minimum Gasteiger partial charge on any atom is -0.395 e. The fourth-order valence-corrected chi connectivity index (χ4v) is 9.83. The van der Waals surface area contributed by atoms with E-state index < -0.39 is 112 Å². The number of Topliss-reactive ketones (excluding diaryl/α,β-unsaturated/α-hetero) is 1. The molecule has 0 bridgehead atoms. The van der Waals surface area contributed by atoms with E-state index in [4.69, 9.17) is 0 Å². The lowest BCUT2D eigenvalue weighted by Gasteiger charge is -2.35. The van der Waals surface area contributed by atoms with Gasteiger partial charge in [0.15, 0.2) is 0 Å². The molecule has 11 atom stereocenters. The number of rotatable bonds is 39. The second-order valence-electron chi connectivity index (χ2n) is 25.1. The van der Waals surface area contributed by atoms with E-state index in [1.54, 1.807) is 46.6 Å². The van der Waals surface area contributed by atoms with Crippen molar-refractivity contribution in [2.75, 3.05) is 33.3 Å². The Morgan fingerprint density at radius 2 is 1.16 bits per heavy atom. The molecule has 1 aliphatic rings. The van der Waals surface area contributed by atoms with Gasteiger partial charge in [0.2, 0.25) is 53.2 Å². The smallest absolute Gasteiger partial charge is 0.246 e. The summed E-state index contributed by atoms with van der Waals surface area (Å²) in [5, 5.41) is 42.0. The van der Waals surface area contributed by atoms with Gasteiger partial charge in [-0.15, -0.1) is 0 Å². The third kappa shape index (κ3) is 25.3. The van der Waals surface area contributed by atoms with Gasteiger partial charge in [-0.25, -0.2) is 0 Å². The second-order valence-corrected chi connectivity index (χ2v) is 25.1. The first kappa shape index (κ1) is 74.8. The minimum absolute atomic E-state index is 0.0303. The number of aliphatic hydroxyl groups is 2. The summed E-state index contributed by atoms with van der Waals surface area (Å²) in [6.45, 7) is 28.0. The summed E-state index contributed by atoms with van der Waals surface area (Å²) in [7, 11) is 1.80. The summed E-state index contributed by atoms with van der Waals surface area (Å²) in [6.07, 6.45) is 8.50. The highest BCUT2D eigenvalue weighted by atomic mass is 16.3. The highest BCUT2D eigenvalue weighted by Crippen LogP contribution is 2.25. The second kappa shape index (κ2) is 35.8. The van der Waals surface area contributed by atoms with Gasteiger partial charge < -0.3 is 62.5 Å². The third-order valence-electron chi connectivity index (χ3n) is 15.8. The fraction of sp³-hybridized carbons (Fsp3) is 0.833. The molecular weight excluding hydrogens is 1050 g/mol. The lowest BCUT2D eigenvalue weighted by Crippen LogP contribution is -2.66. The van der Waals surface area contributed by atoms with E-state index in [0.29, 0.717) is 51.7 Å². The maximum Gasteiger partial charge on any atom is 0.246 e. The lowest BCUT2D eigenvalue weighted by molar-refractivity contribution is -0.142. The monoisotopic (exact) mass is 1160 g/mol. The standard InChI is InChI=1S/C60H110N10O12/c1-18-22-23-24-25-26-28-40(8)54(79)70-30-27-29-46(70)51(76)63-45(34-37(5)33-44(73)35-43(72)21-4)50(75)62-42(10)49(74)66-58(11,12)56(81)65-47(38(6)19-2)52(77)64-48(39(7)20-3)53(78)67-60(15,16)57(82)68-59(13,14)55(80)61-41(9)36-69(17)31-32-71/h37-42,44-48,71,73H,18-36H2,1-17H3,(H,61,80)(H,62,75)(H,63,76)(H,64,77)(H,65,81)(H,66,74)(H,67,78)(H,68,82)/t37-,38+,39+,40-,41-,42+,44+,45+,46+,47+,48-/m1/s1. The molecule has 1 saturated heterocycles. The highest BCUT2D eigenvalue weighted by molar-refractivity contribution is 6.00. The molecule has 22 nitrogen and oxygen atoms in total. The topological polar surface area (TPSA) is 314 Å². The Kier molecular flexibility index (Phi) is 32.7. The molecule has 0 aromatic carbocycles. The van der Waals surface area contributed by atoms with Crippen LogP contribution in [0.5, 0.6) is 0 Å². The number of hydrogen-bond donors (Lipinski definition) is 10. The molecule has 1 heterocycles. The van der Waals surface area contributed by atoms with Gasteiger partial charge in [-0.2, -0.15) is 0 Å². The predicted molar refractivity (Wildman–Crippen MR) is 317 cm³/mol. The van der Waals surface area contributed by atoms with Gasteiger partial charge in [-0.1, -0.05) is 107 Å². The van der Waals surface area contributed by atoms with Crippen molar-refractivity contribution in [2.45, 2.75) is 266 Å². The zero-order chi connectivity index (χ0) is 62.9. The minimum atomic E-state index is -1.68. The van der Waals surface area contributed by atoms with Gasteiger partial charge in [0.25, 0.3) is 0 Å². The van der Waals surface area contributed by atoms with Crippen LogP contribution in [0.25, 0.3) is 0 Å². The Bertz CT molecular complexity index is 2100. The normalized spacial score (nSPS) is 17.6. The van der Waals surface area contributed by atoms with Crippen LogP contribution in [-0.4, -0.2) is 171 Å². The highest BCUT2D eigenvalue weighted by Gasteiger charge is 2.42. The summed E-state index contributed by atoms with van der Waals surface area (Å²) >= 11 is 0. The number of hydrogen-bond acceptors (Lipinski definition) is 13. The van der Waals surface area contributed by atoms with E-state index >= 15 is 0 Å². The van der Waals surface area contributed by atoms with Crippen molar-refractivity contribution in [1.29, 1.82) is 0 Å². The van der Waals surface area contributed by atoms with E-state index in [1.807, 2.05) is 25.7 Å². The maximum atomic E-state index is 14.3. The summed E-state index contributed by atoms with van der Waals surface area (Å²) in [4.78, 5) is 141. The number of carbonyl (C=O) groups excluding carboxylic acids is 10. The van der Waals surface area contributed by atoms with E-state index in [2.05, 4.69) is 49.5 Å². The first-order chi connectivity index (χ1) is 38.1. The van der Waals surface area contributed by atoms with Crippen molar-refractivity contribution < 1.29 is 58.2 Å². The SMILES string of the molecule is CCCCCCCC[C@@H](C)C(=O)N1CCC[C@H]1C(=O)N[C@@H](C[C@H](C)C[C@H](O)CC(=O)CC)C(=O)N[C@@H](C)C(=O)NC(C)(C)C(=O)N[C@H](C(=O)N[C@@H](C(=O)NC(C)(C)C(=O)NC(C)(C)C(=O)N[C@H](C)CN(C)CCO)[C@@H](C)CC)[C@@H](C)CC. The van der Waals surface area contributed by atoms with Crippen molar-refractivity contribution in [1.82, 2.24) is 52.3 Å². The molecule has 0 spiro atoms. The Morgan fingerprint density at radius 3 is 1.73 bits per heavy atom. The van der Waals surface area contributed by atoms with Crippen molar-refractivity contribution in [3.63, 3.8) is 0 Å². The molecule has 1 rings (SSSR count). The summed E-state index contributed by atoms with van der Waals surface area (Å²) < 4.78 is 0. The van der Waals surface area contributed by atoms with Crippen LogP contribution < -0.4 is 42.5 Å². The molecule has 0 aromatic rings. The van der Waals surface area contributed by atoms with Gasteiger partial charge in [-0.05, 0) is 112 Å². The Balaban J connectivity index is 3.27. The Hall–Kier alpha value is -5.22. The van der Waals surface area contributed by atoms with Gasteiger partial charge in [0.1, 0.15) is 52.6 Å². The summed E-state index contributed by atoms with van der Waals surface area (Å²) in [5.74, 6) is -7.09. The number of ketones is 1. The number of carbonyl (C=O) groups is 10. The molecule has 0 saturated carbocycles. The van der Waals surface area contributed by atoms with E-state index in [1.165, 1.54) is 54.9 Å². The molecule has 22 heteroatoms. The van der Waals surface area contributed by atoms with Crippen molar-refractivity contribution in [2.24, 2.45) is 23.7 Å². The third-order valence-corrected chi connectivity index (χ3v) is 15.8. The molecule has 1 fully saturated rings. The van der Waals surface area contributed by atoms with Crippen LogP contribution in [0.1, 0.15) is 207 Å². The molecule has 82 heavy (non-hydrogen) atoms. The van der Waals surface area contributed by atoms with E-state index in [-0.39, 0.29) is 61.9 Å². The number of unbranched alkanes of at least 4 members (excludes halogenated alkanes) is 5. The zero-order valence-electron chi connectivity index (χ0n) is 53.2. The number of likely N-dealkylation sites (tertiary alicyclic amines) is 1. The van der Waals surface area contributed by atoms with Gasteiger partial charge >= 0.3 is 0 Å². The largest absolute Gasteiger partial charge is 0.395 e. The quantitative estimate of drug-likeness (QED) is 0.0394. The predicted octanol–water partition coefficient (Wildman–Crippen LogP) is 3.68. The molecule has 0 unspecified atom stereocenters. The van der Waals surface area contributed by atoms with Crippen LogP contribution in [0.15, 0.2) is 0 Å². The van der Waals surface area contributed by atoms with Crippen LogP contribution in [0, 0.1) is 23.7 Å². The molecule has 9 amide bonds. The molecule has 0 aliphatic carbocycles. The van der Waals surface area contributed by atoms with Gasteiger partial charge in [0.05, 0.1) is 12.7 Å². The molecule has 10 N–H and O–H groups in total. The number of likely N-dealkylation sites (N-methyl/N-ethyl adjacent to an activating group) is 1. The van der Waals surface area contributed by atoms with Crippen LogP contribution in [0.4, 0.5) is 0 Å². The number of amides is 9. The van der Waals surface area contributed by atoms with Crippen molar-refractivity contribution >= 4 is 58.9 Å². The summed E-state index contributed by atoms with van der Waals surface area (Å²) in [5.41, 5.74) is -4.64. The number of nitrogens with one attached hydrogen (secondary N) is 8. The fourth-order valence-electron chi connectivity index (χ4n) is 9.83. The molecular formula is C60H110N10O12. The molecule has 0 aromatic heterocycles. The Morgan fingerprint density at radius 1 is 0.622 bits per heavy atom. The van der Waals surface area contributed by atoms with Crippen LogP contribution in [0.2, 0.25) is 0 Å². The zero-order valence-corrected chi connectivity index (χ0v) is 53.2. The van der Waals surface area contributed by atoms with E-state index in [9.17, 15) is 58.2 Å². The van der Waals surface area contributed by atoms with Crippen molar-refractivity contribution in [3.05, 3.63) is 0 Å². The first-order valence-electron chi connectivity index (χ1n) is 30.4. The van der Waals surface area contributed by atoms with Crippen LogP contribution >= 0.6 is 0 Å². The first-order valence-corrected chi connectivity index (χ1v) is 30.4. The number of nitrogens with zero attached hydrogens (tertiary/aromatic N) is 2. The van der Waals surface area contributed by atoms with Gasteiger partial charge in [0, 0.05) is 44.4 Å². The molecule has 472 valence electrons. The lowest BCUT2D eigenvalue weighted by atomic mass is 9.92. The molecule has 1 aliphatic heterocycles. The average Bonchev–Trinajstić information content (AvgIpc) is 3.89. The Labute approximate surface area is 490 Å². The van der Waals surface area contributed by atoms with Crippen molar-refractivity contribution in [3.8, 4) is 0 Å². The molecule has 0 radical (unpaired) electrons. The van der Waals surface area contributed by atoms with E-state index in [0.717, 1.165) is 32.1 Å². The summed E-state index contributed by atoms with van der Waals surface area (Å²) in [6, 6.07) is -5.97.